The van der Waals surface area contributed by atoms with Crippen LogP contribution >= 0.6 is 0 Å². The van der Waals surface area contributed by atoms with Gasteiger partial charge in [0.15, 0.2) is 0 Å². The smallest absolute Gasteiger partial charge is 0.0400 e. The summed E-state index contributed by atoms with van der Waals surface area (Å²) in [6.45, 7) is 0. The number of nitrogens with two attached hydrogens (primary N) is 2. The van der Waals surface area contributed by atoms with Crippen LogP contribution in [0.15, 0.2) is 97.1 Å². The predicted octanol–water partition coefficient (Wildman–Crippen LogP) is 5.85. The van der Waals surface area contributed by atoms with Crippen molar-refractivity contribution in [3.8, 4) is 33.4 Å². The minimum Gasteiger partial charge on any atom is -0.399 e. The summed E-state index contributed by atoms with van der Waals surface area (Å²) in [5.41, 5.74) is 20.5. The van der Waals surface area contributed by atoms with Crippen molar-refractivity contribution in [1.29, 1.82) is 0 Å². The Kier molecular flexibility index (Phi) is 4.16. The van der Waals surface area contributed by atoms with Crippen molar-refractivity contribution in [2.75, 3.05) is 11.5 Å². The Labute approximate surface area is 153 Å². The largest absolute Gasteiger partial charge is 0.399 e. The molecule has 0 spiro atoms. The lowest BCUT2D eigenvalue weighted by molar-refractivity contribution is 1.55. The molecule has 4 aromatic carbocycles. The summed E-state index contributed by atoms with van der Waals surface area (Å²) in [4.78, 5) is 0. The Hall–Kier alpha value is -3.52. The summed E-state index contributed by atoms with van der Waals surface area (Å²) < 4.78 is 0. The van der Waals surface area contributed by atoms with E-state index in [1.807, 2.05) is 42.5 Å². The van der Waals surface area contributed by atoms with E-state index in [0.717, 1.165) is 39.2 Å². The van der Waals surface area contributed by atoms with Crippen molar-refractivity contribution in [3.63, 3.8) is 0 Å². The predicted molar refractivity (Wildman–Crippen MR) is 112 cm³/mol. The lowest BCUT2D eigenvalue weighted by Crippen LogP contribution is -1.97. The van der Waals surface area contributed by atoms with Crippen LogP contribution in [-0.4, -0.2) is 0 Å². The molecular weight excluding hydrogens is 316 g/mol. The number of anilines is 2. The molecule has 126 valence electrons. The molecule has 0 aromatic heterocycles. The first-order valence-corrected chi connectivity index (χ1v) is 8.63. The van der Waals surface area contributed by atoms with Crippen LogP contribution in [0.3, 0.4) is 0 Å². The van der Waals surface area contributed by atoms with Crippen molar-refractivity contribution in [2.45, 2.75) is 0 Å². The normalized spacial score (nSPS) is 10.6. The van der Waals surface area contributed by atoms with E-state index in [0.29, 0.717) is 0 Å². The Balaban J connectivity index is 2.06. The molecular formula is C24H20N2. The quantitative estimate of drug-likeness (QED) is 0.461. The van der Waals surface area contributed by atoms with Gasteiger partial charge in [0.05, 0.1) is 0 Å². The fourth-order valence-corrected chi connectivity index (χ4v) is 3.34. The maximum atomic E-state index is 6.44. The second kappa shape index (κ2) is 6.77. The fourth-order valence-electron chi connectivity index (χ4n) is 3.34. The summed E-state index contributed by atoms with van der Waals surface area (Å²) in [6.07, 6.45) is 0. The minimum atomic E-state index is 0.743. The molecule has 0 saturated carbocycles. The molecule has 4 rings (SSSR count). The summed E-state index contributed by atoms with van der Waals surface area (Å²) in [5, 5.41) is 0. The van der Waals surface area contributed by atoms with Crippen molar-refractivity contribution < 1.29 is 0 Å². The standard InChI is InChI=1S/C24H20N2/c25-20-13-11-19(12-14-20)24-22(26)16-15-21(17-7-3-1-4-8-17)23(24)18-9-5-2-6-10-18/h1-16H,25-26H2. The van der Waals surface area contributed by atoms with Gasteiger partial charge in [-0.1, -0.05) is 78.9 Å². The summed E-state index contributed by atoms with van der Waals surface area (Å²) in [6, 6.07) is 32.8. The van der Waals surface area contributed by atoms with E-state index in [1.54, 1.807) is 0 Å². The number of hydrogen-bond donors (Lipinski definition) is 2. The van der Waals surface area contributed by atoms with Gasteiger partial charge < -0.3 is 11.5 Å². The second-order valence-electron chi connectivity index (χ2n) is 6.31. The lowest BCUT2D eigenvalue weighted by Gasteiger charge is -2.18. The molecule has 2 heteroatoms. The second-order valence-corrected chi connectivity index (χ2v) is 6.31. The van der Waals surface area contributed by atoms with Gasteiger partial charge in [-0.25, -0.2) is 0 Å². The average Bonchev–Trinajstić information content (AvgIpc) is 2.70. The van der Waals surface area contributed by atoms with Gasteiger partial charge in [-0.15, -0.1) is 0 Å². The van der Waals surface area contributed by atoms with Gasteiger partial charge in [-0.3, -0.25) is 0 Å². The Morgan fingerprint density at radius 3 is 1.58 bits per heavy atom. The van der Waals surface area contributed by atoms with E-state index in [1.165, 1.54) is 5.56 Å². The molecule has 0 amide bonds. The highest BCUT2D eigenvalue weighted by atomic mass is 14.6. The topological polar surface area (TPSA) is 52.0 Å². The highest BCUT2D eigenvalue weighted by Gasteiger charge is 2.16. The average molecular weight is 336 g/mol. The molecule has 4 N–H and O–H groups in total. The molecule has 0 bridgehead atoms. The van der Waals surface area contributed by atoms with Crippen LogP contribution in [0.1, 0.15) is 0 Å². The highest BCUT2D eigenvalue weighted by Crippen LogP contribution is 2.43. The zero-order valence-corrected chi connectivity index (χ0v) is 14.4. The molecule has 4 aromatic rings. The molecule has 0 aliphatic heterocycles. The van der Waals surface area contributed by atoms with Crippen LogP contribution < -0.4 is 11.5 Å². The minimum absolute atomic E-state index is 0.743. The molecule has 0 aliphatic carbocycles. The maximum absolute atomic E-state index is 6.44. The molecule has 0 saturated heterocycles. The van der Waals surface area contributed by atoms with Crippen molar-refractivity contribution >= 4 is 11.4 Å². The number of rotatable bonds is 3. The molecule has 0 fully saturated rings. The summed E-state index contributed by atoms with van der Waals surface area (Å²) >= 11 is 0. The van der Waals surface area contributed by atoms with Gasteiger partial charge in [-0.05, 0) is 46.0 Å². The number of hydrogen-bond acceptors (Lipinski definition) is 2. The first-order valence-electron chi connectivity index (χ1n) is 8.63. The molecule has 0 aliphatic rings. The maximum Gasteiger partial charge on any atom is 0.0400 e. The van der Waals surface area contributed by atoms with E-state index in [-0.39, 0.29) is 0 Å². The third kappa shape index (κ3) is 2.93. The van der Waals surface area contributed by atoms with Crippen LogP contribution in [0.5, 0.6) is 0 Å². The number of benzene rings is 4. The summed E-state index contributed by atoms with van der Waals surface area (Å²) in [5.74, 6) is 0. The molecule has 0 radical (unpaired) electrons. The van der Waals surface area contributed by atoms with E-state index < -0.39 is 0 Å². The zero-order chi connectivity index (χ0) is 17.9. The van der Waals surface area contributed by atoms with E-state index in [4.69, 9.17) is 11.5 Å². The van der Waals surface area contributed by atoms with Gasteiger partial charge in [-0.2, -0.15) is 0 Å². The van der Waals surface area contributed by atoms with Crippen molar-refractivity contribution in [1.82, 2.24) is 0 Å². The summed E-state index contributed by atoms with van der Waals surface area (Å²) in [7, 11) is 0. The van der Waals surface area contributed by atoms with E-state index in [9.17, 15) is 0 Å². The Morgan fingerprint density at radius 2 is 0.962 bits per heavy atom. The Morgan fingerprint density at radius 1 is 0.423 bits per heavy atom. The van der Waals surface area contributed by atoms with Gasteiger partial charge in [0, 0.05) is 16.9 Å². The molecule has 0 unspecified atom stereocenters. The van der Waals surface area contributed by atoms with Crippen molar-refractivity contribution in [2.24, 2.45) is 0 Å². The Bertz CT molecular complexity index is 1020. The molecule has 2 nitrogen and oxygen atoms in total. The van der Waals surface area contributed by atoms with Gasteiger partial charge >= 0.3 is 0 Å². The highest BCUT2D eigenvalue weighted by molar-refractivity contribution is 5.99. The first kappa shape index (κ1) is 16.0. The third-order valence-electron chi connectivity index (χ3n) is 4.58. The fraction of sp³-hybridized carbons (Fsp3) is 0. The van der Waals surface area contributed by atoms with Gasteiger partial charge in [0.2, 0.25) is 0 Å². The molecule has 0 atom stereocenters. The zero-order valence-electron chi connectivity index (χ0n) is 14.4. The van der Waals surface area contributed by atoms with Crippen LogP contribution in [0.25, 0.3) is 33.4 Å². The lowest BCUT2D eigenvalue weighted by atomic mass is 9.86. The number of nitrogen functional groups attached to an aromatic ring is 2. The van der Waals surface area contributed by atoms with Crippen LogP contribution in [-0.2, 0) is 0 Å². The van der Waals surface area contributed by atoms with Crippen LogP contribution in [0.4, 0.5) is 11.4 Å². The van der Waals surface area contributed by atoms with Crippen LogP contribution in [0.2, 0.25) is 0 Å². The van der Waals surface area contributed by atoms with Crippen LogP contribution in [0, 0.1) is 0 Å². The molecule has 0 heterocycles. The van der Waals surface area contributed by atoms with Gasteiger partial charge in [0.25, 0.3) is 0 Å². The molecule has 26 heavy (non-hydrogen) atoms. The monoisotopic (exact) mass is 336 g/mol. The van der Waals surface area contributed by atoms with E-state index in [2.05, 4.69) is 54.6 Å². The third-order valence-corrected chi connectivity index (χ3v) is 4.58. The SMILES string of the molecule is Nc1ccc(-c2c(N)ccc(-c3ccccc3)c2-c2ccccc2)cc1. The first-order chi connectivity index (χ1) is 12.7. The van der Waals surface area contributed by atoms with Gasteiger partial charge in [0.1, 0.15) is 0 Å². The van der Waals surface area contributed by atoms with E-state index >= 15 is 0 Å². The van der Waals surface area contributed by atoms with Crippen molar-refractivity contribution in [3.05, 3.63) is 97.1 Å².